The first-order chi connectivity index (χ1) is 21.2. The molecule has 230 valence electrons. The Kier molecular flexibility index (Phi) is 11.2. The number of ether oxygens (including phenoxy) is 4. The van der Waals surface area contributed by atoms with Crippen LogP contribution in [0.3, 0.4) is 0 Å². The molecule has 0 saturated heterocycles. The fourth-order valence-corrected chi connectivity index (χ4v) is 5.07. The van der Waals surface area contributed by atoms with Crippen LogP contribution < -0.4 is 30.3 Å². The fourth-order valence-electron chi connectivity index (χ4n) is 4.52. The number of rotatable bonds is 12. The summed E-state index contributed by atoms with van der Waals surface area (Å²) < 4.78 is 22.5. The van der Waals surface area contributed by atoms with Gasteiger partial charge in [0.05, 0.1) is 36.6 Å². The number of amides is 1. The van der Waals surface area contributed by atoms with Gasteiger partial charge in [-0.2, -0.15) is 5.10 Å². The number of benzene rings is 3. The van der Waals surface area contributed by atoms with Crippen LogP contribution in [-0.4, -0.2) is 43.5 Å². The maximum absolute atomic E-state index is 12.7. The van der Waals surface area contributed by atoms with Crippen molar-refractivity contribution in [1.82, 2.24) is 16.1 Å². The Morgan fingerprint density at radius 3 is 2.61 bits per heavy atom. The number of carbonyl (C=O) groups is 2. The lowest BCUT2D eigenvalue weighted by molar-refractivity contribution is -0.139. The first kappa shape index (κ1) is 32.3. The monoisotopic (exact) mass is 636 g/mol. The molecule has 0 radical (unpaired) electrons. The normalized spacial score (nSPS) is 14.5. The van der Waals surface area contributed by atoms with E-state index in [0.29, 0.717) is 56.4 Å². The molecule has 0 saturated carbocycles. The first-order valence-corrected chi connectivity index (χ1v) is 14.5. The number of hydrazone groups is 1. The quantitative estimate of drug-likeness (QED) is 0.108. The van der Waals surface area contributed by atoms with Gasteiger partial charge in [0.25, 0.3) is 5.91 Å². The van der Waals surface area contributed by atoms with Crippen molar-refractivity contribution in [3.05, 3.63) is 99.2 Å². The first-order valence-electron chi connectivity index (χ1n) is 13.7. The van der Waals surface area contributed by atoms with Crippen molar-refractivity contribution >= 4 is 47.0 Å². The Morgan fingerprint density at radius 1 is 1.07 bits per heavy atom. The van der Waals surface area contributed by atoms with E-state index < -0.39 is 17.9 Å². The third-order valence-corrected chi connectivity index (χ3v) is 6.97. The van der Waals surface area contributed by atoms with Crippen molar-refractivity contribution in [2.45, 2.75) is 33.4 Å². The van der Waals surface area contributed by atoms with Crippen LogP contribution in [0.1, 0.15) is 42.1 Å². The summed E-state index contributed by atoms with van der Waals surface area (Å²) in [7, 11) is 1.52. The molecular formula is C32H33ClN4O6S. The predicted octanol–water partition coefficient (Wildman–Crippen LogP) is 5.12. The molecule has 0 spiro atoms. The van der Waals surface area contributed by atoms with Crippen molar-refractivity contribution in [2.24, 2.45) is 5.10 Å². The minimum Gasteiger partial charge on any atom is -0.493 e. The van der Waals surface area contributed by atoms with Gasteiger partial charge in [0.15, 0.2) is 23.2 Å². The number of allylic oxidation sites excluding steroid dienone is 1. The lowest BCUT2D eigenvalue weighted by atomic mass is 9.95. The van der Waals surface area contributed by atoms with Crippen LogP contribution in [0.5, 0.6) is 17.2 Å². The number of carbonyl (C=O) groups excluding carboxylic acids is 2. The van der Waals surface area contributed by atoms with E-state index in [1.165, 1.54) is 13.3 Å². The molecule has 0 fully saturated rings. The average molecular weight is 637 g/mol. The number of hydrogen-bond acceptors (Lipinski definition) is 8. The highest BCUT2D eigenvalue weighted by atomic mass is 35.5. The van der Waals surface area contributed by atoms with E-state index in [1.807, 2.05) is 31.2 Å². The van der Waals surface area contributed by atoms with Crippen molar-refractivity contribution in [2.75, 3.05) is 20.3 Å². The molecule has 12 heteroatoms. The summed E-state index contributed by atoms with van der Waals surface area (Å²) in [6, 6.07) is 17.8. The van der Waals surface area contributed by atoms with E-state index in [1.54, 1.807) is 50.2 Å². The maximum atomic E-state index is 12.7. The zero-order chi connectivity index (χ0) is 31.6. The van der Waals surface area contributed by atoms with Crippen LogP contribution in [0.2, 0.25) is 5.02 Å². The van der Waals surface area contributed by atoms with Gasteiger partial charge >= 0.3 is 5.97 Å². The molecular weight excluding hydrogens is 604 g/mol. The van der Waals surface area contributed by atoms with Crippen LogP contribution >= 0.6 is 23.8 Å². The van der Waals surface area contributed by atoms with Gasteiger partial charge in [0, 0.05) is 11.3 Å². The molecule has 3 N–H and O–H groups in total. The SMILES string of the molecule is CCOC(=O)C1=C(C)NC(=S)N[C@@H]1c1ccccc1OCC(=O)NN=Cc1cc(Cl)c(OCc2cccc(C)c2)c(OC)c1. The van der Waals surface area contributed by atoms with Gasteiger partial charge in [-0.15, -0.1) is 0 Å². The second kappa shape index (κ2) is 15.2. The van der Waals surface area contributed by atoms with Crippen molar-refractivity contribution in [1.29, 1.82) is 0 Å². The van der Waals surface area contributed by atoms with E-state index in [9.17, 15) is 9.59 Å². The van der Waals surface area contributed by atoms with Crippen molar-refractivity contribution < 1.29 is 28.5 Å². The molecule has 0 aromatic heterocycles. The third-order valence-electron chi connectivity index (χ3n) is 6.47. The van der Waals surface area contributed by atoms with Gasteiger partial charge in [-0.05, 0) is 62.3 Å². The standard InChI is InChI=1S/C32H33ClN4O6S/c1-5-41-31(39)28-20(3)35-32(44)36-29(28)23-11-6-7-12-25(23)42-18-27(38)37-34-16-22-14-24(33)30(26(15-22)40-4)43-17-21-10-8-9-19(2)13-21/h6-16,29H,5,17-18H2,1-4H3,(H,37,38)(H2,35,36,44)/t29-/m1/s1. The number of esters is 1. The number of nitrogens with zero attached hydrogens (tertiary/aromatic N) is 1. The van der Waals surface area contributed by atoms with E-state index in [2.05, 4.69) is 21.2 Å². The molecule has 1 amide bonds. The Morgan fingerprint density at radius 2 is 1.86 bits per heavy atom. The molecule has 3 aromatic rings. The molecule has 1 heterocycles. The molecule has 0 aliphatic carbocycles. The summed E-state index contributed by atoms with van der Waals surface area (Å²) in [5.41, 5.74) is 6.71. The zero-order valence-electron chi connectivity index (χ0n) is 24.7. The molecule has 4 rings (SSSR count). The predicted molar refractivity (Wildman–Crippen MR) is 172 cm³/mol. The molecule has 0 bridgehead atoms. The minimum absolute atomic E-state index is 0.219. The van der Waals surface area contributed by atoms with E-state index >= 15 is 0 Å². The average Bonchev–Trinajstić information content (AvgIpc) is 2.99. The lowest BCUT2D eigenvalue weighted by Crippen LogP contribution is -2.45. The zero-order valence-corrected chi connectivity index (χ0v) is 26.3. The van der Waals surface area contributed by atoms with Crippen molar-refractivity contribution in [3.63, 3.8) is 0 Å². The van der Waals surface area contributed by atoms with Crippen LogP contribution in [0.15, 0.2) is 77.0 Å². The smallest absolute Gasteiger partial charge is 0.338 e. The number of halogens is 1. The Bertz CT molecular complexity index is 1610. The number of nitrogens with one attached hydrogen (secondary N) is 3. The summed E-state index contributed by atoms with van der Waals surface area (Å²) in [6.45, 7) is 5.70. The van der Waals surface area contributed by atoms with Gasteiger partial charge in [0.1, 0.15) is 12.4 Å². The summed E-state index contributed by atoms with van der Waals surface area (Å²) in [5.74, 6) is 0.237. The molecule has 1 atom stereocenters. The Hall–Kier alpha value is -4.61. The van der Waals surface area contributed by atoms with Crippen LogP contribution in [0.4, 0.5) is 0 Å². The third kappa shape index (κ3) is 8.27. The van der Waals surface area contributed by atoms with Gasteiger partial charge in [-0.3, -0.25) is 4.79 Å². The summed E-state index contributed by atoms with van der Waals surface area (Å²) in [6.07, 6.45) is 1.43. The molecule has 10 nitrogen and oxygen atoms in total. The molecule has 0 unspecified atom stereocenters. The fraction of sp³-hybridized carbons (Fsp3) is 0.250. The molecule has 1 aliphatic rings. The number of aryl methyl sites for hydroxylation is 1. The maximum Gasteiger partial charge on any atom is 0.338 e. The van der Waals surface area contributed by atoms with E-state index in [-0.39, 0.29) is 13.2 Å². The number of hydrogen-bond donors (Lipinski definition) is 3. The summed E-state index contributed by atoms with van der Waals surface area (Å²) >= 11 is 11.8. The van der Waals surface area contributed by atoms with Gasteiger partial charge in [-0.25, -0.2) is 10.2 Å². The molecule has 3 aromatic carbocycles. The second-order valence-electron chi connectivity index (χ2n) is 9.72. The summed E-state index contributed by atoms with van der Waals surface area (Å²) in [5, 5.41) is 10.8. The number of thiocarbonyl (C=S) groups is 1. The highest BCUT2D eigenvalue weighted by molar-refractivity contribution is 7.80. The summed E-state index contributed by atoms with van der Waals surface area (Å²) in [4.78, 5) is 25.3. The van der Waals surface area contributed by atoms with E-state index in [4.69, 9.17) is 42.8 Å². The number of methoxy groups -OCH3 is 1. The van der Waals surface area contributed by atoms with Crippen LogP contribution in [0.25, 0.3) is 0 Å². The van der Waals surface area contributed by atoms with Crippen molar-refractivity contribution in [3.8, 4) is 17.2 Å². The second-order valence-corrected chi connectivity index (χ2v) is 10.5. The Balaban J connectivity index is 1.40. The number of para-hydroxylation sites is 1. The van der Waals surface area contributed by atoms with Gasteiger partial charge in [0.2, 0.25) is 0 Å². The molecule has 1 aliphatic heterocycles. The molecule has 44 heavy (non-hydrogen) atoms. The van der Waals surface area contributed by atoms with Gasteiger partial charge < -0.3 is 29.6 Å². The van der Waals surface area contributed by atoms with E-state index in [0.717, 1.165) is 11.1 Å². The van der Waals surface area contributed by atoms with Crippen LogP contribution in [0, 0.1) is 6.92 Å². The highest BCUT2D eigenvalue weighted by Gasteiger charge is 2.32. The highest BCUT2D eigenvalue weighted by Crippen LogP contribution is 2.37. The largest absolute Gasteiger partial charge is 0.493 e. The topological polar surface area (TPSA) is 120 Å². The van der Waals surface area contributed by atoms with Crippen LogP contribution in [-0.2, 0) is 20.9 Å². The minimum atomic E-state index is -0.636. The van der Waals surface area contributed by atoms with Gasteiger partial charge in [-0.1, -0.05) is 59.6 Å². The Labute approximate surface area is 266 Å². The lowest BCUT2D eigenvalue weighted by Gasteiger charge is -2.30.